The molecule has 0 saturated carbocycles. The van der Waals surface area contributed by atoms with Crippen LogP contribution in [0.3, 0.4) is 0 Å². The predicted octanol–water partition coefficient (Wildman–Crippen LogP) is 1.47. The van der Waals surface area contributed by atoms with Gasteiger partial charge in [0.05, 0.1) is 12.7 Å². The Morgan fingerprint density at radius 3 is 2.89 bits per heavy atom. The van der Waals surface area contributed by atoms with E-state index in [0.717, 1.165) is 5.56 Å². The lowest BCUT2D eigenvalue weighted by atomic mass is 10.1. The van der Waals surface area contributed by atoms with Crippen LogP contribution < -0.4 is 10.6 Å². The fraction of sp³-hybridized carbons (Fsp3) is 0.462. The molecule has 0 unspecified atom stereocenters. The van der Waals surface area contributed by atoms with Crippen LogP contribution in [-0.4, -0.2) is 31.9 Å². The third kappa shape index (κ3) is 3.43. The fourth-order valence-electron chi connectivity index (χ4n) is 1.98. The van der Waals surface area contributed by atoms with Crippen LogP contribution in [0.2, 0.25) is 0 Å². The highest BCUT2D eigenvalue weighted by Crippen LogP contribution is 2.10. The number of carbonyl (C=O) groups excluding carboxylic acids is 1. The van der Waals surface area contributed by atoms with Gasteiger partial charge in [-0.1, -0.05) is 30.3 Å². The molecule has 98 valence electrons. The van der Waals surface area contributed by atoms with Gasteiger partial charge in [-0.25, -0.2) is 4.79 Å². The van der Waals surface area contributed by atoms with E-state index in [1.165, 1.54) is 0 Å². The molecule has 1 fully saturated rings. The van der Waals surface area contributed by atoms with E-state index in [0.29, 0.717) is 13.1 Å². The van der Waals surface area contributed by atoms with Gasteiger partial charge in [0, 0.05) is 19.0 Å². The number of carbonyl (C=O) groups is 1. The van der Waals surface area contributed by atoms with Gasteiger partial charge in [0.25, 0.3) is 0 Å². The molecule has 0 radical (unpaired) electrons. The maximum Gasteiger partial charge on any atom is 0.407 e. The van der Waals surface area contributed by atoms with Crippen molar-refractivity contribution in [3.05, 3.63) is 35.9 Å². The lowest BCUT2D eigenvalue weighted by Gasteiger charge is -2.17. The van der Waals surface area contributed by atoms with Crippen LogP contribution in [0.5, 0.6) is 0 Å². The molecule has 4 nitrogen and oxygen atoms in total. The molecule has 1 amide bonds. The number of hydrogen-bond acceptors (Lipinski definition) is 3. The summed E-state index contributed by atoms with van der Waals surface area (Å²) in [4.78, 5) is 11.6. The first-order valence-corrected chi connectivity index (χ1v) is 6.03. The number of hydrogen-bond donors (Lipinski definition) is 2. The lowest BCUT2D eigenvalue weighted by molar-refractivity contribution is 0.133. The molecule has 2 atom stereocenters. The Hall–Kier alpha value is -1.62. The largest absolute Gasteiger partial charge is 0.445 e. The number of ether oxygens (including phenoxy) is 1. The Bertz CT molecular complexity index is 386. The maximum absolute atomic E-state index is 12.6. The summed E-state index contributed by atoms with van der Waals surface area (Å²) < 4.78 is 17.7. The van der Waals surface area contributed by atoms with Gasteiger partial charge in [-0.3, -0.25) is 4.39 Å². The molecule has 1 aliphatic heterocycles. The topological polar surface area (TPSA) is 50.4 Å². The number of rotatable bonds is 4. The summed E-state index contributed by atoms with van der Waals surface area (Å²) in [5.74, 6) is -0.158. The van der Waals surface area contributed by atoms with E-state index < -0.39 is 12.8 Å². The highest BCUT2D eigenvalue weighted by molar-refractivity contribution is 5.67. The van der Waals surface area contributed by atoms with E-state index in [1.54, 1.807) is 0 Å². The molecule has 1 heterocycles. The monoisotopic (exact) mass is 252 g/mol. The van der Waals surface area contributed by atoms with E-state index in [2.05, 4.69) is 10.6 Å². The molecule has 1 saturated heterocycles. The molecule has 18 heavy (non-hydrogen) atoms. The third-order valence-corrected chi connectivity index (χ3v) is 3.05. The minimum atomic E-state index is -0.494. The van der Waals surface area contributed by atoms with E-state index in [4.69, 9.17) is 4.74 Å². The number of alkyl carbamates (subject to hydrolysis) is 1. The Labute approximate surface area is 106 Å². The second-order valence-corrected chi connectivity index (χ2v) is 4.39. The molecule has 0 spiro atoms. The Morgan fingerprint density at radius 2 is 2.17 bits per heavy atom. The van der Waals surface area contributed by atoms with Crippen LogP contribution in [0.1, 0.15) is 5.56 Å². The van der Waals surface area contributed by atoms with Crippen LogP contribution >= 0.6 is 0 Å². The number of nitrogens with one attached hydrogen (secondary N) is 2. The van der Waals surface area contributed by atoms with Crippen molar-refractivity contribution in [3.63, 3.8) is 0 Å². The average molecular weight is 252 g/mol. The molecule has 0 bridgehead atoms. The first-order chi connectivity index (χ1) is 8.79. The van der Waals surface area contributed by atoms with E-state index in [9.17, 15) is 9.18 Å². The summed E-state index contributed by atoms with van der Waals surface area (Å²) in [7, 11) is 0. The normalized spacial score (nSPS) is 22.7. The second-order valence-electron chi connectivity index (χ2n) is 4.39. The first kappa shape index (κ1) is 12.8. The van der Waals surface area contributed by atoms with Crippen molar-refractivity contribution in [2.24, 2.45) is 5.92 Å². The van der Waals surface area contributed by atoms with Crippen molar-refractivity contribution in [3.8, 4) is 0 Å². The summed E-state index contributed by atoms with van der Waals surface area (Å²) in [6.45, 7) is 0.985. The highest BCUT2D eigenvalue weighted by Gasteiger charge is 2.28. The molecule has 0 aromatic heterocycles. The van der Waals surface area contributed by atoms with Crippen LogP contribution in [0.15, 0.2) is 30.3 Å². The first-order valence-electron chi connectivity index (χ1n) is 6.03. The number of halogens is 1. The zero-order valence-electron chi connectivity index (χ0n) is 10.1. The van der Waals surface area contributed by atoms with E-state index >= 15 is 0 Å². The van der Waals surface area contributed by atoms with Gasteiger partial charge in [-0.2, -0.15) is 0 Å². The van der Waals surface area contributed by atoms with Crippen molar-refractivity contribution in [2.45, 2.75) is 12.6 Å². The smallest absolute Gasteiger partial charge is 0.407 e. The van der Waals surface area contributed by atoms with Gasteiger partial charge in [0.15, 0.2) is 0 Å². The van der Waals surface area contributed by atoms with Crippen LogP contribution in [-0.2, 0) is 11.3 Å². The summed E-state index contributed by atoms with van der Waals surface area (Å²) in [5.41, 5.74) is 0.930. The summed E-state index contributed by atoms with van der Waals surface area (Å²) in [6.07, 6.45) is -0.494. The van der Waals surface area contributed by atoms with Gasteiger partial charge in [-0.15, -0.1) is 0 Å². The van der Waals surface area contributed by atoms with Crippen molar-refractivity contribution >= 4 is 6.09 Å². The molecule has 1 aliphatic rings. The Balaban J connectivity index is 1.75. The molecule has 1 aromatic rings. The predicted molar refractivity (Wildman–Crippen MR) is 65.9 cm³/mol. The zero-order chi connectivity index (χ0) is 12.8. The molecule has 1 aromatic carbocycles. The number of alkyl halides is 1. The molecule has 2 rings (SSSR count). The number of benzene rings is 1. The van der Waals surface area contributed by atoms with Crippen LogP contribution in [0.25, 0.3) is 0 Å². The maximum atomic E-state index is 12.6. The SMILES string of the molecule is O=C(N[C@@H]1CNC[C@H]1CF)OCc1ccccc1. The summed E-state index contributed by atoms with van der Waals surface area (Å²) in [5, 5.41) is 5.73. The van der Waals surface area contributed by atoms with Crippen LogP contribution in [0.4, 0.5) is 9.18 Å². The molecular weight excluding hydrogens is 235 g/mol. The minimum Gasteiger partial charge on any atom is -0.445 e. The standard InChI is InChI=1S/C13H17FN2O2/c14-6-11-7-15-8-12(11)16-13(17)18-9-10-4-2-1-3-5-10/h1-5,11-12,15H,6-9H2,(H,16,17)/t11-,12-/m1/s1. The molecule has 5 heteroatoms. The third-order valence-electron chi connectivity index (χ3n) is 3.05. The van der Waals surface area contributed by atoms with Gasteiger partial charge in [0.1, 0.15) is 6.61 Å². The van der Waals surface area contributed by atoms with Gasteiger partial charge in [-0.05, 0) is 5.56 Å². The number of amides is 1. The van der Waals surface area contributed by atoms with E-state index in [-0.39, 0.29) is 18.6 Å². The van der Waals surface area contributed by atoms with Crippen molar-refractivity contribution in [1.29, 1.82) is 0 Å². The minimum absolute atomic E-state index is 0.158. The summed E-state index contributed by atoms with van der Waals surface area (Å²) in [6, 6.07) is 9.26. The Morgan fingerprint density at radius 1 is 1.39 bits per heavy atom. The second kappa shape index (κ2) is 6.35. The van der Waals surface area contributed by atoms with Crippen LogP contribution in [0, 0.1) is 5.92 Å². The van der Waals surface area contributed by atoms with Crippen molar-refractivity contribution in [1.82, 2.24) is 10.6 Å². The van der Waals surface area contributed by atoms with Gasteiger partial charge >= 0.3 is 6.09 Å². The fourth-order valence-corrected chi connectivity index (χ4v) is 1.98. The van der Waals surface area contributed by atoms with Gasteiger partial charge < -0.3 is 15.4 Å². The zero-order valence-corrected chi connectivity index (χ0v) is 10.1. The molecular formula is C13H17FN2O2. The quantitative estimate of drug-likeness (QED) is 0.853. The lowest BCUT2D eigenvalue weighted by Crippen LogP contribution is -2.41. The van der Waals surface area contributed by atoms with Crippen molar-refractivity contribution < 1.29 is 13.9 Å². The highest BCUT2D eigenvalue weighted by atomic mass is 19.1. The van der Waals surface area contributed by atoms with Gasteiger partial charge in [0.2, 0.25) is 0 Å². The molecule has 0 aliphatic carbocycles. The van der Waals surface area contributed by atoms with Crippen molar-refractivity contribution in [2.75, 3.05) is 19.8 Å². The average Bonchev–Trinajstić information content (AvgIpc) is 2.85. The molecule has 2 N–H and O–H groups in total. The Kier molecular flexibility index (Phi) is 4.52. The summed E-state index contributed by atoms with van der Waals surface area (Å²) >= 11 is 0. The van der Waals surface area contributed by atoms with E-state index in [1.807, 2.05) is 30.3 Å².